The fourth-order valence-corrected chi connectivity index (χ4v) is 1.17. The second kappa shape index (κ2) is 5.96. The molecule has 0 radical (unpaired) electrons. The van der Waals surface area contributed by atoms with E-state index in [4.69, 9.17) is 0 Å². The Morgan fingerprint density at radius 3 is 1.21 bits per heavy atom. The van der Waals surface area contributed by atoms with E-state index in [1.807, 2.05) is 0 Å². The van der Waals surface area contributed by atoms with Crippen LogP contribution in [0.25, 0.3) is 0 Å². The van der Waals surface area contributed by atoms with E-state index in [1.54, 1.807) is 0 Å². The van der Waals surface area contributed by atoms with Crippen molar-refractivity contribution in [3.63, 3.8) is 0 Å². The van der Waals surface area contributed by atoms with E-state index in [0.717, 1.165) is 0 Å². The molecule has 1 aromatic carbocycles. The van der Waals surface area contributed by atoms with Crippen LogP contribution >= 0.6 is 0 Å². The molecule has 0 saturated heterocycles. The molecule has 11 heteroatoms. The average Bonchev–Trinajstić information content (AvgIpc) is 2.13. The van der Waals surface area contributed by atoms with Crippen LogP contribution in [-0.2, 0) is 12.4 Å². The Hall–Kier alpha value is 0.291. The summed E-state index contributed by atoms with van der Waals surface area (Å²) in [4.78, 5) is 0. The van der Waals surface area contributed by atoms with Gasteiger partial charge in [-0.05, 0) is 6.07 Å². The average molecular weight is 320 g/mol. The Kier molecular flexibility index (Phi) is 6.05. The van der Waals surface area contributed by atoms with Crippen LogP contribution in [0.5, 0.6) is 0 Å². The van der Waals surface area contributed by atoms with Gasteiger partial charge in [0, 0.05) is 0 Å². The third kappa shape index (κ3) is 5.29. The Labute approximate surface area is 143 Å². The minimum atomic E-state index is -5.95. The van der Waals surface area contributed by atoms with Crippen molar-refractivity contribution in [2.45, 2.75) is 12.4 Å². The van der Waals surface area contributed by atoms with Crippen LogP contribution in [0.2, 0.25) is 0 Å². The maximum Gasteiger partial charge on any atom is 1.00 e. The summed E-state index contributed by atoms with van der Waals surface area (Å²) in [5.74, 6) is 0. The molecule has 1 rings (SSSR count). The zero-order valence-corrected chi connectivity index (χ0v) is 12.3. The summed E-state index contributed by atoms with van der Waals surface area (Å²) < 4.78 is 110. The zero-order valence-electron chi connectivity index (χ0n) is 9.21. The van der Waals surface area contributed by atoms with Crippen molar-refractivity contribution in [2.75, 3.05) is 0 Å². The number of hydrogen-bond acceptors (Lipinski definition) is 0. The molecule has 0 fully saturated rings. The maximum atomic E-state index is 12.3. The van der Waals surface area contributed by atoms with E-state index in [2.05, 4.69) is 0 Å². The van der Waals surface area contributed by atoms with E-state index in [9.17, 15) is 39.3 Å². The van der Waals surface area contributed by atoms with Gasteiger partial charge in [-0.1, -0.05) is 12.1 Å². The first-order valence-electron chi connectivity index (χ1n) is 4.31. The van der Waals surface area contributed by atoms with Crippen LogP contribution in [0.4, 0.5) is 39.3 Å². The van der Waals surface area contributed by atoms with E-state index in [0.29, 0.717) is 0 Å². The van der Waals surface area contributed by atoms with Gasteiger partial charge in [-0.15, -0.1) is 5.46 Å². The molecule has 0 spiro atoms. The Morgan fingerprint density at radius 1 is 0.684 bits per heavy atom. The summed E-state index contributed by atoms with van der Waals surface area (Å²) >= 11 is 0. The molecule has 0 aliphatic heterocycles. The smallest absolute Gasteiger partial charge is 0.445 e. The summed E-state index contributed by atoms with van der Waals surface area (Å²) in [6, 6.07) is -1.03. The van der Waals surface area contributed by atoms with Gasteiger partial charge in [-0.2, -0.15) is 26.3 Å². The van der Waals surface area contributed by atoms with Gasteiger partial charge >= 0.3 is 70.7 Å². The van der Waals surface area contributed by atoms with Crippen molar-refractivity contribution >= 4 is 12.4 Å². The van der Waals surface area contributed by atoms with E-state index >= 15 is 0 Å². The van der Waals surface area contributed by atoms with Crippen LogP contribution < -0.4 is 56.8 Å². The molecule has 0 unspecified atom stereocenters. The first kappa shape index (κ1) is 19.3. The fourth-order valence-electron chi connectivity index (χ4n) is 1.17. The SMILES string of the molecule is F[B-](F)(F)c1cc(C(F)(F)F)cc(C(F)(F)F)c1.[K+]. The van der Waals surface area contributed by atoms with E-state index in [-0.39, 0.29) is 69.6 Å². The Morgan fingerprint density at radius 2 is 1.00 bits per heavy atom. The molecular weight excluding hydrogens is 317 g/mol. The summed E-state index contributed by atoms with van der Waals surface area (Å²) in [7, 11) is 0. The second-order valence-electron chi connectivity index (χ2n) is 3.41. The number of rotatable bonds is 1. The molecule has 0 nitrogen and oxygen atoms in total. The summed E-state index contributed by atoms with van der Waals surface area (Å²) in [5, 5.41) is 0. The van der Waals surface area contributed by atoms with Gasteiger partial charge in [0.2, 0.25) is 0 Å². The van der Waals surface area contributed by atoms with Crippen molar-refractivity contribution < 1.29 is 90.7 Å². The van der Waals surface area contributed by atoms with Gasteiger partial charge in [-0.25, -0.2) is 0 Å². The largest absolute Gasteiger partial charge is 1.00 e. The van der Waals surface area contributed by atoms with Crippen LogP contribution in [0.3, 0.4) is 0 Å². The molecular formula is C8H3BF9K. The van der Waals surface area contributed by atoms with Crippen molar-refractivity contribution in [3.8, 4) is 0 Å². The monoisotopic (exact) mass is 320 g/mol. The quantitative estimate of drug-likeness (QED) is 0.530. The van der Waals surface area contributed by atoms with Crippen molar-refractivity contribution in [3.05, 3.63) is 29.3 Å². The zero-order chi connectivity index (χ0) is 14.4. The molecule has 0 heterocycles. The predicted molar refractivity (Wildman–Crippen MR) is 45.2 cm³/mol. The van der Waals surface area contributed by atoms with Gasteiger partial charge in [0.25, 0.3) is 0 Å². The van der Waals surface area contributed by atoms with Gasteiger partial charge in [0.15, 0.2) is 0 Å². The summed E-state index contributed by atoms with van der Waals surface area (Å²) in [6.07, 6.45) is -10.6. The van der Waals surface area contributed by atoms with Crippen molar-refractivity contribution in [2.24, 2.45) is 0 Å². The second-order valence-corrected chi connectivity index (χ2v) is 3.41. The molecule has 0 saturated carbocycles. The minimum Gasteiger partial charge on any atom is -0.445 e. The molecule has 19 heavy (non-hydrogen) atoms. The molecule has 0 bridgehead atoms. The molecule has 1 aromatic rings. The molecule has 0 N–H and O–H groups in total. The summed E-state index contributed by atoms with van der Waals surface area (Å²) in [5.41, 5.74) is -5.89. The number of benzene rings is 1. The first-order valence-corrected chi connectivity index (χ1v) is 4.31. The van der Waals surface area contributed by atoms with E-state index in [1.165, 1.54) is 0 Å². The van der Waals surface area contributed by atoms with Crippen LogP contribution in [0, 0.1) is 0 Å². The topological polar surface area (TPSA) is 0 Å². The maximum absolute atomic E-state index is 12.3. The van der Waals surface area contributed by atoms with Crippen molar-refractivity contribution in [1.82, 2.24) is 0 Å². The molecule has 0 aliphatic carbocycles. The fraction of sp³-hybridized carbons (Fsp3) is 0.250. The molecule has 0 aromatic heterocycles. The van der Waals surface area contributed by atoms with Gasteiger partial charge < -0.3 is 12.9 Å². The van der Waals surface area contributed by atoms with Crippen LogP contribution in [0.15, 0.2) is 18.2 Å². The third-order valence-electron chi connectivity index (χ3n) is 1.99. The summed E-state index contributed by atoms with van der Waals surface area (Å²) in [6.45, 7) is -5.95. The molecule has 0 aliphatic rings. The molecule has 102 valence electrons. The molecule has 0 atom stereocenters. The van der Waals surface area contributed by atoms with Crippen LogP contribution in [0.1, 0.15) is 11.1 Å². The van der Waals surface area contributed by atoms with Crippen LogP contribution in [-0.4, -0.2) is 6.98 Å². The Balaban J connectivity index is 0.00000324. The van der Waals surface area contributed by atoms with Crippen molar-refractivity contribution in [1.29, 1.82) is 0 Å². The van der Waals surface area contributed by atoms with E-state index < -0.39 is 35.9 Å². The number of alkyl halides is 6. The first-order chi connectivity index (χ1) is 7.82. The number of hydrogen-bond donors (Lipinski definition) is 0. The standard InChI is InChI=1S/C8H3BF9.K/c10-7(11,12)4-1-5(8(13,14)15)3-6(2-4)9(16,17)18;/h1-3H;/q-1;+1. The third-order valence-corrected chi connectivity index (χ3v) is 1.99. The predicted octanol–water partition coefficient (Wildman–Crippen LogP) is 0.783. The molecule has 0 amide bonds. The van der Waals surface area contributed by atoms with Gasteiger partial charge in [0.1, 0.15) is 0 Å². The van der Waals surface area contributed by atoms with Gasteiger partial charge in [0.05, 0.1) is 11.1 Å². The van der Waals surface area contributed by atoms with Gasteiger partial charge in [-0.3, -0.25) is 0 Å². The normalized spacial score (nSPS) is 13.1. The number of halogens is 9. The minimum absolute atomic E-state index is 0. The Bertz CT molecular complexity index is 366.